The Morgan fingerprint density at radius 3 is 2.27 bits per heavy atom. The number of rotatable bonds is 4. The van der Waals surface area contributed by atoms with Crippen molar-refractivity contribution in [2.45, 2.75) is 89.4 Å². The normalized spacial score (nSPS) is 28.4. The first kappa shape index (κ1) is 21.6. The first-order valence-corrected chi connectivity index (χ1v) is 9.84. The second-order valence-corrected chi connectivity index (χ2v) is 8.82. The van der Waals surface area contributed by atoms with Crippen LogP contribution in [0.1, 0.15) is 65.7 Å². The zero-order valence-electron chi connectivity index (χ0n) is 16.6. The van der Waals surface area contributed by atoms with Crippen LogP contribution in [-0.4, -0.2) is 54.3 Å². The summed E-state index contributed by atoms with van der Waals surface area (Å²) in [5.74, 6) is 1.83. The highest BCUT2D eigenvalue weighted by atomic mass is 127. The summed E-state index contributed by atoms with van der Waals surface area (Å²) in [6.07, 6.45) is 7.97. The minimum atomic E-state index is -0.431. The molecule has 2 unspecified atom stereocenters. The van der Waals surface area contributed by atoms with Crippen molar-refractivity contribution in [3.8, 4) is 0 Å². The Balaban J connectivity index is 0.00000243. The summed E-state index contributed by atoms with van der Waals surface area (Å²) in [7, 11) is 1.83. The summed E-state index contributed by atoms with van der Waals surface area (Å²) < 4.78 is 5.61. The zero-order valence-corrected chi connectivity index (χ0v) is 18.9. The van der Waals surface area contributed by atoms with Crippen molar-refractivity contribution in [3.05, 3.63) is 0 Å². The van der Waals surface area contributed by atoms with Crippen LogP contribution < -0.4 is 10.6 Å². The number of nitrogens with zero attached hydrogens (tertiary/aromatic N) is 2. The Morgan fingerprint density at radius 2 is 1.77 bits per heavy atom. The molecule has 2 saturated heterocycles. The van der Waals surface area contributed by atoms with Crippen molar-refractivity contribution in [1.82, 2.24) is 15.5 Å². The van der Waals surface area contributed by atoms with E-state index in [1.165, 1.54) is 19.3 Å². The van der Waals surface area contributed by atoms with Gasteiger partial charge < -0.3 is 20.3 Å². The molecule has 3 aliphatic rings. The highest BCUT2D eigenvalue weighted by Gasteiger charge is 2.45. The van der Waals surface area contributed by atoms with Gasteiger partial charge in [0.25, 0.3) is 0 Å². The summed E-state index contributed by atoms with van der Waals surface area (Å²) in [5, 5.41) is 7.01. The van der Waals surface area contributed by atoms with Crippen LogP contribution in [-0.2, 0) is 4.74 Å². The van der Waals surface area contributed by atoms with Gasteiger partial charge in [0.15, 0.2) is 5.96 Å². The van der Waals surface area contributed by atoms with Crippen molar-refractivity contribution in [3.63, 3.8) is 0 Å². The predicted molar refractivity (Wildman–Crippen MR) is 115 cm³/mol. The minimum Gasteiger partial charge on any atom is -0.444 e. The number of amides is 1. The third-order valence-corrected chi connectivity index (χ3v) is 5.44. The van der Waals surface area contributed by atoms with E-state index in [0.29, 0.717) is 6.04 Å². The quantitative estimate of drug-likeness (QED) is 0.369. The van der Waals surface area contributed by atoms with E-state index in [-0.39, 0.29) is 42.2 Å². The molecule has 0 radical (unpaired) electrons. The van der Waals surface area contributed by atoms with Gasteiger partial charge in [-0.2, -0.15) is 0 Å². The molecular formula is C19H35IN4O2. The van der Waals surface area contributed by atoms with Crippen LogP contribution in [0, 0.1) is 5.92 Å². The van der Waals surface area contributed by atoms with Gasteiger partial charge in [-0.1, -0.05) is 12.8 Å². The van der Waals surface area contributed by atoms with Gasteiger partial charge >= 0.3 is 6.09 Å². The summed E-state index contributed by atoms with van der Waals surface area (Å²) in [4.78, 5) is 18.9. The molecule has 3 rings (SSSR count). The Hall–Kier alpha value is -0.730. The summed E-state index contributed by atoms with van der Waals surface area (Å²) >= 11 is 0. The lowest BCUT2D eigenvalue weighted by molar-refractivity contribution is 0.00545. The van der Waals surface area contributed by atoms with E-state index in [0.717, 1.165) is 44.1 Å². The minimum absolute atomic E-state index is 0. The third-order valence-electron chi connectivity index (χ3n) is 5.44. The van der Waals surface area contributed by atoms with Gasteiger partial charge in [0.1, 0.15) is 5.60 Å². The first-order valence-electron chi connectivity index (χ1n) is 9.84. The van der Waals surface area contributed by atoms with Gasteiger partial charge in [0.05, 0.1) is 0 Å². The van der Waals surface area contributed by atoms with E-state index in [9.17, 15) is 4.79 Å². The second kappa shape index (κ2) is 8.97. The lowest BCUT2D eigenvalue weighted by Gasteiger charge is -2.40. The van der Waals surface area contributed by atoms with Crippen molar-refractivity contribution in [2.75, 3.05) is 13.6 Å². The number of hydrogen-bond donors (Lipinski definition) is 2. The van der Waals surface area contributed by atoms with E-state index in [4.69, 9.17) is 4.74 Å². The van der Waals surface area contributed by atoms with Crippen LogP contribution in [0.5, 0.6) is 0 Å². The first-order chi connectivity index (χ1) is 11.9. The molecule has 0 spiro atoms. The van der Waals surface area contributed by atoms with E-state index in [1.54, 1.807) is 0 Å². The molecule has 0 aromatic rings. The lowest BCUT2D eigenvalue weighted by Crippen LogP contribution is -2.55. The molecule has 26 heavy (non-hydrogen) atoms. The molecule has 2 atom stereocenters. The maximum Gasteiger partial charge on any atom is 0.410 e. The van der Waals surface area contributed by atoms with Crippen molar-refractivity contribution < 1.29 is 9.53 Å². The van der Waals surface area contributed by atoms with Crippen molar-refractivity contribution in [1.29, 1.82) is 0 Å². The topological polar surface area (TPSA) is 66.0 Å². The molecule has 3 fully saturated rings. The van der Waals surface area contributed by atoms with E-state index in [2.05, 4.69) is 15.6 Å². The molecule has 1 aliphatic carbocycles. The summed E-state index contributed by atoms with van der Waals surface area (Å²) in [5.41, 5.74) is -0.431. The molecule has 6 nitrogen and oxygen atoms in total. The van der Waals surface area contributed by atoms with Crippen LogP contribution in [0.25, 0.3) is 0 Å². The molecule has 2 N–H and O–H groups in total. The summed E-state index contributed by atoms with van der Waals surface area (Å²) in [6, 6.07) is 0.953. The molecule has 1 saturated carbocycles. The number of ether oxygens (including phenoxy) is 1. The zero-order chi connectivity index (χ0) is 18.0. The van der Waals surface area contributed by atoms with Crippen molar-refractivity contribution in [2.24, 2.45) is 10.9 Å². The molecule has 1 amide bonds. The Labute approximate surface area is 174 Å². The molecule has 2 aliphatic heterocycles. The molecule has 7 heteroatoms. The number of carbonyl (C=O) groups is 1. The van der Waals surface area contributed by atoms with Crippen molar-refractivity contribution >= 4 is 36.0 Å². The standard InChI is InChI=1S/C19H34N4O2.HI/c1-19(2,3)25-18(24)23-15-7-8-16(23)12-14(11-15)22-17(20-4)21-10-9-13-5-6-13;/h13-16H,5-12H2,1-4H3,(H2,20,21,22);1H. The third kappa shape index (κ3) is 5.89. The number of fused-ring (bicyclic) bond motifs is 2. The highest BCUT2D eigenvalue weighted by molar-refractivity contribution is 14.0. The Kier molecular flexibility index (Phi) is 7.44. The fourth-order valence-corrected chi connectivity index (χ4v) is 4.10. The number of hydrogen-bond acceptors (Lipinski definition) is 3. The van der Waals surface area contributed by atoms with Gasteiger partial charge in [0, 0.05) is 31.7 Å². The smallest absolute Gasteiger partial charge is 0.410 e. The van der Waals surface area contributed by atoms with Crippen LogP contribution in [0.15, 0.2) is 4.99 Å². The number of aliphatic imine (C=N–C) groups is 1. The Morgan fingerprint density at radius 1 is 1.15 bits per heavy atom. The number of piperidine rings is 1. The molecule has 2 bridgehead atoms. The maximum atomic E-state index is 12.5. The van der Waals surface area contributed by atoms with Crippen LogP contribution in [0.3, 0.4) is 0 Å². The number of guanidine groups is 1. The van der Waals surface area contributed by atoms with Gasteiger partial charge in [-0.25, -0.2) is 4.79 Å². The van der Waals surface area contributed by atoms with Crippen LogP contribution in [0.4, 0.5) is 4.79 Å². The van der Waals surface area contributed by atoms with Gasteiger partial charge in [-0.3, -0.25) is 4.99 Å². The van der Waals surface area contributed by atoms with E-state index in [1.807, 2.05) is 32.7 Å². The average Bonchev–Trinajstić information content (AvgIpc) is 3.29. The average molecular weight is 478 g/mol. The number of nitrogens with one attached hydrogen (secondary N) is 2. The molecule has 2 heterocycles. The lowest BCUT2D eigenvalue weighted by atomic mass is 9.98. The fourth-order valence-electron chi connectivity index (χ4n) is 4.10. The van der Waals surface area contributed by atoms with Gasteiger partial charge in [0.2, 0.25) is 0 Å². The number of carbonyl (C=O) groups excluding carboxylic acids is 1. The summed E-state index contributed by atoms with van der Waals surface area (Å²) in [6.45, 7) is 6.78. The van der Waals surface area contributed by atoms with Crippen LogP contribution in [0.2, 0.25) is 0 Å². The molecular weight excluding hydrogens is 443 g/mol. The highest BCUT2D eigenvalue weighted by Crippen LogP contribution is 2.37. The largest absolute Gasteiger partial charge is 0.444 e. The van der Waals surface area contributed by atoms with Crippen LogP contribution >= 0.6 is 24.0 Å². The molecule has 0 aromatic carbocycles. The molecule has 0 aromatic heterocycles. The number of halogens is 1. The fraction of sp³-hybridized carbons (Fsp3) is 0.895. The van der Waals surface area contributed by atoms with E-state index >= 15 is 0 Å². The molecule has 150 valence electrons. The monoisotopic (exact) mass is 478 g/mol. The Bertz CT molecular complexity index is 502. The van der Waals surface area contributed by atoms with Gasteiger partial charge in [-0.15, -0.1) is 24.0 Å². The SMILES string of the molecule is CN=C(NCCC1CC1)NC1CC2CCC(C1)N2C(=O)OC(C)(C)C.I. The predicted octanol–water partition coefficient (Wildman–Crippen LogP) is 3.50. The maximum absolute atomic E-state index is 12.5. The van der Waals surface area contributed by atoms with E-state index < -0.39 is 5.60 Å². The second-order valence-electron chi connectivity index (χ2n) is 8.82. The van der Waals surface area contributed by atoms with Gasteiger partial charge in [-0.05, 0) is 58.8 Å².